The molecule has 0 bridgehead atoms. The van der Waals surface area contributed by atoms with Gasteiger partial charge in [0, 0.05) is 30.1 Å². The average molecular weight is 303 g/mol. The first kappa shape index (κ1) is 14.6. The Bertz CT molecular complexity index is 729. The topological polar surface area (TPSA) is 54.9 Å². The number of hydrogen-bond donors (Lipinski definition) is 1. The monoisotopic (exact) mass is 303 g/mol. The zero-order valence-corrected chi connectivity index (χ0v) is 12.2. The van der Waals surface area contributed by atoms with Gasteiger partial charge in [-0.2, -0.15) is 0 Å². The van der Waals surface area contributed by atoms with Gasteiger partial charge in [-0.05, 0) is 37.1 Å². The van der Waals surface area contributed by atoms with Gasteiger partial charge in [0.1, 0.15) is 11.7 Å². The number of halogens is 2. The van der Waals surface area contributed by atoms with E-state index in [9.17, 15) is 13.6 Å². The number of hydrogen-bond acceptors (Lipinski definition) is 3. The maximum absolute atomic E-state index is 12.9. The van der Waals surface area contributed by atoms with E-state index in [2.05, 4.69) is 15.3 Å². The average Bonchev–Trinajstić information content (AvgIpc) is 3.11. The minimum Gasteiger partial charge on any atom is -0.326 e. The Morgan fingerprint density at radius 3 is 2.50 bits per heavy atom. The van der Waals surface area contributed by atoms with Crippen LogP contribution in [0.5, 0.6) is 0 Å². The van der Waals surface area contributed by atoms with E-state index in [4.69, 9.17) is 0 Å². The lowest BCUT2D eigenvalue weighted by molar-refractivity contribution is -0.119. The Hall–Kier alpha value is -2.37. The van der Waals surface area contributed by atoms with Crippen LogP contribution in [0.4, 0.5) is 14.5 Å². The van der Waals surface area contributed by atoms with Crippen molar-refractivity contribution in [2.24, 2.45) is 5.92 Å². The number of alkyl halides is 2. The molecule has 1 atom stereocenters. The fraction of sp³-hybridized carbons (Fsp3) is 0.312. The van der Waals surface area contributed by atoms with Gasteiger partial charge in [0.2, 0.25) is 5.91 Å². The Labute approximate surface area is 126 Å². The zero-order valence-electron chi connectivity index (χ0n) is 12.2. The first-order valence-electron chi connectivity index (χ1n) is 6.95. The summed E-state index contributed by atoms with van der Waals surface area (Å²) in [6.07, 6.45) is 3.03. The minimum absolute atomic E-state index is 0.372. The highest BCUT2D eigenvalue weighted by molar-refractivity contribution is 5.96. The molecule has 1 heterocycles. The molecule has 1 fully saturated rings. The quantitative estimate of drug-likeness (QED) is 0.946. The number of nitrogens with one attached hydrogen (secondary N) is 1. The molecule has 3 rings (SSSR count). The lowest BCUT2D eigenvalue weighted by Crippen LogP contribution is -2.17. The van der Waals surface area contributed by atoms with E-state index < -0.39 is 17.7 Å². The molecule has 0 saturated heterocycles. The second kappa shape index (κ2) is 5.12. The lowest BCUT2D eigenvalue weighted by atomic mass is 10.0. The molecule has 0 radical (unpaired) electrons. The largest absolute Gasteiger partial charge is 0.326 e. The maximum atomic E-state index is 12.9. The SMILES string of the molecule is Cc1ncc(-c2cc(NC(=O)[C@@H]3CC3(F)F)ccc2C)cn1. The molecule has 0 aliphatic heterocycles. The third-order valence-corrected chi connectivity index (χ3v) is 3.74. The third kappa shape index (κ3) is 2.81. The number of amides is 1. The predicted octanol–water partition coefficient (Wildman–Crippen LogP) is 3.35. The molecular formula is C16H15F2N3O. The van der Waals surface area contributed by atoms with Crippen molar-refractivity contribution in [2.75, 3.05) is 5.32 Å². The highest BCUT2D eigenvalue weighted by Crippen LogP contribution is 2.49. The molecule has 22 heavy (non-hydrogen) atoms. The summed E-state index contributed by atoms with van der Waals surface area (Å²) < 4.78 is 25.8. The summed E-state index contributed by atoms with van der Waals surface area (Å²) in [6.45, 7) is 3.72. The first-order chi connectivity index (χ1) is 10.4. The molecule has 1 aromatic carbocycles. The summed E-state index contributed by atoms with van der Waals surface area (Å²) in [5.74, 6) is -4.04. The van der Waals surface area contributed by atoms with Crippen LogP contribution in [-0.2, 0) is 4.79 Å². The van der Waals surface area contributed by atoms with Crippen molar-refractivity contribution < 1.29 is 13.6 Å². The number of nitrogens with zero attached hydrogens (tertiary/aromatic N) is 2. The van der Waals surface area contributed by atoms with Crippen molar-refractivity contribution in [2.45, 2.75) is 26.2 Å². The van der Waals surface area contributed by atoms with Crippen LogP contribution in [0.1, 0.15) is 17.8 Å². The lowest BCUT2D eigenvalue weighted by Gasteiger charge is -2.10. The summed E-state index contributed by atoms with van der Waals surface area (Å²) in [6, 6.07) is 5.28. The van der Waals surface area contributed by atoms with Crippen LogP contribution in [0.15, 0.2) is 30.6 Å². The minimum atomic E-state index is -2.86. The molecule has 0 unspecified atom stereocenters. The van der Waals surface area contributed by atoms with Crippen molar-refractivity contribution in [3.63, 3.8) is 0 Å². The normalized spacial score (nSPS) is 18.8. The standard InChI is InChI=1S/C16H15F2N3O/c1-9-3-4-12(21-15(22)14-6-16(14,17)18)5-13(9)11-7-19-10(2)20-8-11/h3-5,7-8,14H,6H2,1-2H3,(H,21,22)/t14-/m0/s1. The Morgan fingerprint density at radius 1 is 1.27 bits per heavy atom. The molecular weight excluding hydrogens is 288 g/mol. The van der Waals surface area contributed by atoms with Crippen LogP contribution < -0.4 is 5.32 Å². The number of benzene rings is 1. The number of rotatable bonds is 3. The Balaban J connectivity index is 1.84. The van der Waals surface area contributed by atoms with Gasteiger partial charge in [-0.3, -0.25) is 4.79 Å². The third-order valence-electron chi connectivity index (χ3n) is 3.74. The maximum Gasteiger partial charge on any atom is 0.260 e. The van der Waals surface area contributed by atoms with E-state index in [1.807, 2.05) is 13.0 Å². The van der Waals surface area contributed by atoms with E-state index in [0.717, 1.165) is 16.7 Å². The summed E-state index contributed by atoms with van der Waals surface area (Å²) in [4.78, 5) is 20.0. The number of aryl methyl sites for hydroxylation is 2. The molecule has 114 valence electrons. The van der Waals surface area contributed by atoms with Gasteiger partial charge in [-0.1, -0.05) is 6.07 Å². The highest BCUT2D eigenvalue weighted by Gasteiger charge is 2.61. The smallest absolute Gasteiger partial charge is 0.260 e. The molecule has 4 nitrogen and oxygen atoms in total. The second-order valence-electron chi connectivity index (χ2n) is 5.56. The van der Waals surface area contributed by atoms with Gasteiger partial charge >= 0.3 is 0 Å². The summed E-state index contributed by atoms with van der Waals surface area (Å²) in [5, 5.41) is 2.55. The molecule has 6 heteroatoms. The zero-order chi connectivity index (χ0) is 15.9. The fourth-order valence-electron chi connectivity index (χ4n) is 2.27. The molecule has 1 aliphatic rings. The van der Waals surface area contributed by atoms with E-state index in [1.54, 1.807) is 31.5 Å². The Kier molecular flexibility index (Phi) is 3.39. The van der Waals surface area contributed by atoms with Crippen LogP contribution in [0.2, 0.25) is 0 Å². The molecule has 1 N–H and O–H groups in total. The van der Waals surface area contributed by atoms with Gasteiger partial charge in [-0.15, -0.1) is 0 Å². The molecule has 1 aromatic heterocycles. The van der Waals surface area contributed by atoms with E-state index in [1.165, 1.54) is 0 Å². The van der Waals surface area contributed by atoms with Crippen molar-refractivity contribution in [1.82, 2.24) is 9.97 Å². The first-order valence-corrected chi connectivity index (χ1v) is 6.95. The van der Waals surface area contributed by atoms with E-state index in [-0.39, 0.29) is 6.42 Å². The molecule has 2 aromatic rings. The van der Waals surface area contributed by atoms with E-state index >= 15 is 0 Å². The van der Waals surface area contributed by atoms with Gasteiger partial charge in [0.05, 0.1) is 0 Å². The van der Waals surface area contributed by atoms with Crippen LogP contribution in [0.25, 0.3) is 11.1 Å². The molecule has 0 spiro atoms. The predicted molar refractivity (Wildman–Crippen MR) is 78.6 cm³/mol. The molecule has 1 amide bonds. The molecule has 1 aliphatic carbocycles. The number of anilines is 1. The summed E-state index contributed by atoms with van der Waals surface area (Å²) in [7, 11) is 0. The fourth-order valence-corrected chi connectivity index (χ4v) is 2.27. The van der Waals surface area contributed by atoms with Gasteiger partial charge in [-0.25, -0.2) is 18.7 Å². The molecule has 1 saturated carbocycles. The van der Waals surface area contributed by atoms with Crippen LogP contribution in [0.3, 0.4) is 0 Å². The number of aromatic nitrogens is 2. The summed E-state index contributed by atoms with van der Waals surface area (Å²) >= 11 is 0. The van der Waals surface area contributed by atoms with Crippen molar-refractivity contribution in [1.29, 1.82) is 0 Å². The van der Waals surface area contributed by atoms with Gasteiger partial charge in [0.15, 0.2) is 0 Å². The van der Waals surface area contributed by atoms with Crippen LogP contribution in [0, 0.1) is 19.8 Å². The van der Waals surface area contributed by atoms with Crippen molar-refractivity contribution in [3.05, 3.63) is 42.0 Å². The Morgan fingerprint density at radius 2 is 1.91 bits per heavy atom. The second-order valence-corrected chi connectivity index (χ2v) is 5.56. The van der Waals surface area contributed by atoms with E-state index in [0.29, 0.717) is 11.5 Å². The summed E-state index contributed by atoms with van der Waals surface area (Å²) in [5.41, 5.74) is 3.16. The van der Waals surface area contributed by atoms with Gasteiger partial charge < -0.3 is 5.32 Å². The van der Waals surface area contributed by atoms with Crippen molar-refractivity contribution in [3.8, 4) is 11.1 Å². The van der Waals surface area contributed by atoms with Gasteiger partial charge in [0.25, 0.3) is 5.92 Å². The number of carbonyl (C=O) groups excluding carboxylic acids is 1. The van der Waals surface area contributed by atoms with Crippen molar-refractivity contribution >= 4 is 11.6 Å². The number of carbonyl (C=O) groups is 1. The highest BCUT2D eigenvalue weighted by atomic mass is 19.3. The van der Waals surface area contributed by atoms with Crippen LogP contribution >= 0.6 is 0 Å². The van der Waals surface area contributed by atoms with Crippen LogP contribution in [-0.4, -0.2) is 21.8 Å².